The van der Waals surface area contributed by atoms with Crippen LogP contribution in [0.1, 0.15) is 30.1 Å². The van der Waals surface area contributed by atoms with Crippen molar-refractivity contribution in [3.63, 3.8) is 0 Å². The van der Waals surface area contributed by atoms with E-state index in [2.05, 4.69) is 4.98 Å². The number of non-ortho nitro benzene ring substituents is 1. The molecule has 8 heteroatoms. The van der Waals surface area contributed by atoms with E-state index < -0.39 is 10.9 Å². The van der Waals surface area contributed by atoms with Crippen LogP contribution in [0.3, 0.4) is 0 Å². The number of benzene rings is 3. The topological polar surface area (TPSA) is 116 Å². The average molecular weight is 406 g/mol. The molecule has 1 aromatic heterocycles. The SMILES string of the molecule is CCCCOC(=O)c1ccc2cc(O)c(-c3nc4ccc([N+](=O)[O-])cc4o3)cc2c1. The molecule has 0 atom stereocenters. The van der Waals surface area contributed by atoms with Gasteiger partial charge in [-0.1, -0.05) is 19.4 Å². The van der Waals surface area contributed by atoms with Crippen LogP contribution in [0, 0.1) is 10.1 Å². The van der Waals surface area contributed by atoms with Gasteiger partial charge in [-0.15, -0.1) is 0 Å². The molecular weight excluding hydrogens is 388 g/mol. The number of carbonyl (C=O) groups excluding carboxylic acids is 1. The van der Waals surface area contributed by atoms with Gasteiger partial charge in [-0.25, -0.2) is 9.78 Å². The standard InChI is InChI=1S/C22H18N2O6/c1-2-3-8-29-22(26)14-5-4-13-11-19(25)17(10-15(13)9-14)21-23-18-7-6-16(24(27)28)12-20(18)30-21/h4-7,9-12,25H,2-3,8H2,1H3. The molecule has 0 spiro atoms. The van der Waals surface area contributed by atoms with Crippen molar-refractivity contribution in [2.75, 3.05) is 6.61 Å². The Hall–Kier alpha value is -3.94. The third kappa shape index (κ3) is 3.67. The molecule has 0 unspecified atom stereocenters. The Morgan fingerprint density at radius 2 is 2.00 bits per heavy atom. The van der Waals surface area contributed by atoms with Crippen molar-refractivity contribution in [1.29, 1.82) is 0 Å². The number of phenols is 1. The minimum atomic E-state index is -0.518. The van der Waals surface area contributed by atoms with Gasteiger partial charge >= 0.3 is 5.97 Å². The van der Waals surface area contributed by atoms with E-state index in [4.69, 9.17) is 9.15 Å². The molecule has 1 N–H and O–H groups in total. The van der Waals surface area contributed by atoms with Gasteiger partial charge in [-0.2, -0.15) is 0 Å². The first-order chi connectivity index (χ1) is 14.5. The fraction of sp³-hybridized carbons (Fsp3) is 0.182. The largest absolute Gasteiger partial charge is 0.507 e. The first kappa shape index (κ1) is 19.4. The van der Waals surface area contributed by atoms with Crippen LogP contribution in [0.2, 0.25) is 0 Å². The first-order valence-electron chi connectivity index (χ1n) is 9.45. The maximum absolute atomic E-state index is 12.2. The van der Waals surface area contributed by atoms with Crippen LogP contribution >= 0.6 is 0 Å². The minimum Gasteiger partial charge on any atom is -0.507 e. The van der Waals surface area contributed by atoms with Gasteiger partial charge in [0.2, 0.25) is 5.89 Å². The van der Waals surface area contributed by atoms with Crippen LogP contribution < -0.4 is 0 Å². The molecule has 152 valence electrons. The Morgan fingerprint density at radius 1 is 1.17 bits per heavy atom. The zero-order valence-electron chi connectivity index (χ0n) is 16.1. The molecule has 0 radical (unpaired) electrons. The maximum Gasteiger partial charge on any atom is 0.338 e. The van der Waals surface area contributed by atoms with Crippen molar-refractivity contribution in [1.82, 2.24) is 4.98 Å². The van der Waals surface area contributed by atoms with E-state index in [1.165, 1.54) is 18.2 Å². The molecule has 4 aromatic rings. The molecule has 8 nitrogen and oxygen atoms in total. The minimum absolute atomic E-state index is 0.0539. The lowest BCUT2D eigenvalue weighted by Crippen LogP contribution is -2.06. The maximum atomic E-state index is 12.2. The first-order valence-corrected chi connectivity index (χ1v) is 9.45. The van der Waals surface area contributed by atoms with E-state index in [1.807, 2.05) is 6.92 Å². The van der Waals surface area contributed by atoms with E-state index >= 15 is 0 Å². The zero-order chi connectivity index (χ0) is 21.3. The molecule has 0 aliphatic rings. The Balaban J connectivity index is 1.73. The number of phenolic OH excluding ortho intramolecular Hbond substituents is 1. The summed E-state index contributed by atoms with van der Waals surface area (Å²) in [6.07, 6.45) is 1.73. The van der Waals surface area contributed by atoms with Crippen LogP contribution in [0.5, 0.6) is 5.75 Å². The molecule has 30 heavy (non-hydrogen) atoms. The van der Waals surface area contributed by atoms with Gasteiger partial charge in [0.1, 0.15) is 11.3 Å². The third-order valence-corrected chi connectivity index (χ3v) is 4.73. The molecule has 4 rings (SSSR count). The molecule has 0 aliphatic carbocycles. The predicted molar refractivity (Wildman–Crippen MR) is 110 cm³/mol. The van der Waals surface area contributed by atoms with Gasteiger partial charge in [-0.05, 0) is 47.5 Å². The fourth-order valence-corrected chi connectivity index (χ4v) is 3.12. The predicted octanol–water partition coefficient (Wildman–Crippen LogP) is 5.22. The summed E-state index contributed by atoms with van der Waals surface area (Å²) in [6, 6.07) is 12.4. The van der Waals surface area contributed by atoms with E-state index in [0.717, 1.165) is 18.2 Å². The number of aromatic nitrogens is 1. The zero-order valence-corrected chi connectivity index (χ0v) is 16.1. The molecule has 0 bridgehead atoms. The number of hydrogen-bond donors (Lipinski definition) is 1. The number of nitrogens with zero attached hydrogens (tertiary/aromatic N) is 2. The summed E-state index contributed by atoms with van der Waals surface area (Å²) >= 11 is 0. The van der Waals surface area contributed by atoms with Crippen LogP contribution in [-0.4, -0.2) is 27.6 Å². The lowest BCUT2D eigenvalue weighted by molar-refractivity contribution is -0.384. The summed E-state index contributed by atoms with van der Waals surface area (Å²) in [5, 5.41) is 22.8. The number of fused-ring (bicyclic) bond motifs is 2. The van der Waals surface area contributed by atoms with Gasteiger partial charge in [0, 0.05) is 6.07 Å². The molecule has 0 aliphatic heterocycles. The van der Waals surface area contributed by atoms with Crippen LogP contribution in [0.15, 0.2) is 52.9 Å². The Labute approximate surface area is 170 Å². The van der Waals surface area contributed by atoms with Crippen molar-refractivity contribution in [2.24, 2.45) is 0 Å². The third-order valence-electron chi connectivity index (χ3n) is 4.73. The van der Waals surface area contributed by atoms with E-state index in [-0.39, 0.29) is 22.9 Å². The van der Waals surface area contributed by atoms with Gasteiger partial charge in [0.15, 0.2) is 5.58 Å². The number of nitro groups is 1. The fourth-order valence-electron chi connectivity index (χ4n) is 3.12. The second-order valence-electron chi connectivity index (χ2n) is 6.85. The highest BCUT2D eigenvalue weighted by atomic mass is 16.6. The van der Waals surface area contributed by atoms with E-state index in [9.17, 15) is 20.0 Å². The summed E-state index contributed by atoms with van der Waals surface area (Å²) in [5.41, 5.74) is 1.29. The number of aromatic hydroxyl groups is 1. The monoisotopic (exact) mass is 406 g/mol. The number of ether oxygens (including phenoxy) is 1. The molecule has 0 saturated carbocycles. The van der Waals surface area contributed by atoms with Crippen LogP contribution in [-0.2, 0) is 4.74 Å². The Morgan fingerprint density at radius 3 is 2.77 bits per heavy atom. The number of unbranched alkanes of at least 4 members (excludes halogenated alkanes) is 1. The van der Waals surface area contributed by atoms with E-state index in [0.29, 0.717) is 28.6 Å². The molecule has 3 aromatic carbocycles. The Bertz CT molecular complexity index is 1280. The Kier molecular flexibility index (Phi) is 5.05. The van der Waals surface area contributed by atoms with Gasteiger partial charge in [0.25, 0.3) is 5.69 Å². The normalized spacial score (nSPS) is 11.1. The van der Waals surface area contributed by atoms with Crippen molar-refractivity contribution >= 4 is 33.5 Å². The second-order valence-corrected chi connectivity index (χ2v) is 6.85. The summed E-state index contributed by atoms with van der Waals surface area (Å²) in [5.74, 6) is -0.336. The van der Waals surface area contributed by atoms with E-state index in [1.54, 1.807) is 30.3 Å². The van der Waals surface area contributed by atoms with Crippen LogP contribution in [0.25, 0.3) is 33.3 Å². The quantitative estimate of drug-likeness (QED) is 0.202. The van der Waals surface area contributed by atoms with Gasteiger partial charge in [-0.3, -0.25) is 10.1 Å². The lowest BCUT2D eigenvalue weighted by atomic mass is 10.0. The summed E-state index contributed by atoms with van der Waals surface area (Å²) < 4.78 is 10.9. The number of hydrogen-bond acceptors (Lipinski definition) is 7. The van der Waals surface area contributed by atoms with Crippen LogP contribution in [0.4, 0.5) is 5.69 Å². The summed E-state index contributed by atoms with van der Waals surface area (Å²) in [6.45, 7) is 2.38. The molecule has 0 saturated heterocycles. The molecule has 1 heterocycles. The molecular formula is C22H18N2O6. The lowest BCUT2D eigenvalue weighted by Gasteiger charge is -2.07. The number of rotatable bonds is 6. The highest BCUT2D eigenvalue weighted by Crippen LogP contribution is 2.35. The number of nitro benzene ring substituents is 1. The summed E-state index contributed by atoms with van der Waals surface area (Å²) in [4.78, 5) is 27.0. The smallest absolute Gasteiger partial charge is 0.338 e. The van der Waals surface area contributed by atoms with Crippen molar-refractivity contribution in [3.05, 3.63) is 64.2 Å². The second kappa shape index (κ2) is 7.82. The van der Waals surface area contributed by atoms with Crippen molar-refractivity contribution in [2.45, 2.75) is 19.8 Å². The highest BCUT2D eigenvalue weighted by Gasteiger charge is 2.17. The average Bonchev–Trinajstić information content (AvgIpc) is 3.16. The van der Waals surface area contributed by atoms with Gasteiger partial charge < -0.3 is 14.3 Å². The van der Waals surface area contributed by atoms with Gasteiger partial charge in [0.05, 0.1) is 28.7 Å². The number of esters is 1. The van der Waals surface area contributed by atoms with Crippen molar-refractivity contribution < 1.29 is 24.0 Å². The number of carbonyl (C=O) groups is 1. The highest BCUT2D eigenvalue weighted by molar-refractivity contribution is 5.97. The number of oxazole rings is 1. The van der Waals surface area contributed by atoms with Crippen molar-refractivity contribution in [3.8, 4) is 17.2 Å². The molecule has 0 amide bonds. The molecule has 0 fully saturated rings. The summed E-state index contributed by atoms with van der Waals surface area (Å²) in [7, 11) is 0.